The van der Waals surface area contributed by atoms with Crippen LogP contribution in [0.15, 0.2) is 27.6 Å². The minimum Gasteiger partial charge on any atom is -0.369 e. The molecule has 26 heavy (non-hydrogen) atoms. The maximum Gasteiger partial charge on any atom is 0.334 e. The predicted molar refractivity (Wildman–Crippen MR) is 102 cm³/mol. The third-order valence-electron chi connectivity index (χ3n) is 5.16. The van der Waals surface area contributed by atoms with E-state index in [1.165, 1.54) is 0 Å². The predicted octanol–water partition coefficient (Wildman–Crippen LogP) is 2.23. The number of morpholine rings is 1. The van der Waals surface area contributed by atoms with Gasteiger partial charge in [-0.05, 0) is 47.7 Å². The van der Waals surface area contributed by atoms with Crippen molar-refractivity contribution in [2.24, 2.45) is 0 Å². The van der Waals surface area contributed by atoms with Crippen molar-refractivity contribution in [3.05, 3.63) is 33.3 Å². The molecule has 0 saturated carbocycles. The summed E-state index contributed by atoms with van der Waals surface area (Å²) in [6.07, 6.45) is 7.95. The van der Waals surface area contributed by atoms with Crippen molar-refractivity contribution in [1.29, 1.82) is 0 Å². The lowest BCUT2D eigenvalue weighted by Gasteiger charge is -2.32. The SMILES string of the molecule is CN1C(=O)COC[C@@H]1Cn1c(=O)n(C2=CCCCC2)c2ncc(Br)cc21. The van der Waals surface area contributed by atoms with Gasteiger partial charge in [0.25, 0.3) is 0 Å². The second-order valence-corrected chi connectivity index (χ2v) is 7.76. The van der Waals surface area contributed by atoms with Crippen LogP contribution in [0.4, 0.5) is 0 Å². The van der Waals surface area contributed by atoms with Gasteiger partial charge in [-0.15, -0.1) is 0 Å². The summed E-state index contributed by atoms with van der Waals surface area (Å²) >= 11 is 3.45. The molecule has 0 radical (unpaired) electrons. The quantitative estimate of drug-likeness (QED) is 0.763. The number of halogens is 1. The summed E-state index contributed by atoms with van der Waals surface area (Å²) < 4.78 is 9.65. The topological polar surface area (TPSA) is 69.4 Å². The van der Waals surface area contributed by atoms with Crippen LogP contribution in [0, 0.1) is 0 Å². The molecule has 7 nitrogen and oxygen atoms in total. The first-order valence-electron chi connectivity index (χ1n) is 8.86. The van der Waals surface area contributed by atoms with E-state index in [4.69, 9.17) is 4.74 Å². The largest absolute Gasteiger partial charge is 0.369 e. The average Bonchev–Trinajstić information content (AvgIpc) is 2.91. The number of fused-ring (bicyclic) bond motifs is 1. The molecule has 0 unspecified atom stereocenters. The zero-order chi connectivity index (χ0) is 18.3. The van der Waals surface area contributed by atoms with E-state index in [1.807, 2.05) is 6.07 Å². The summed E-state index contributed by atoms with van der Waals surface area (Å²) in [5, 5.41) is 0. The Bertz CT molecular complexity index is 946. The number of carbonyl (C=O) groups is 1. The fourth-order valence-corrected chi connectivity index (χ4v) is 3.97. The van der Waals surface area contributed by atoms with E-state index in [2.05, 4.69) is 27.0 Å². The highest BCUT2D eigenvalue weighted by molar-refractivity contribution is 9.10. The number of nitrogens with zero attached hydrogens (tertiary/aromatic N) is 4. The second-order valence-electron chi connectivity index (χ2n) is 6.84. The fourth-order valence-electron chi connectivity index (χ4n) is 3.65. The molecule has 2 aliphatic rings. The van der Waals surface area contributed by atoms with Crippen LogP contribution < -0.4 is 5.69 Å². The van der Waals surface area contributed by atoms with Crippen LogP contribution in [-0.2, 0) is 16.1 Å². The highest BCUT2D eigenvalue weighted by Crippen LogP contribution is 2.25. The second kappa shape index (κ2) is 7.00. The molecule has 3 heterocycles. The first-order chi connectivity index (χ1) is 12.6. The molecule has 1 saturated heterocycles. The number of allylic oxidation sites excluding steroid dienone is 2. The smallest absolute Gasteiger partial charge is 0.334 e. The van der Waals surface area contributed by atoms with Crippen molar-refractivity contribution in [3.63, 3.8) is 0 Å². The molecule has 1 amide bonds. The van der Waals surface area contributed by atoms with Gasteiger partial charge >= 0.3 is 5.69 Å². The zero-order valence-electron chi connectivity index (χ0n) is 14.7. The van der Waals surface area contributed by atoms with Crippen molar-refractivity contribution < 1.29 is 9.53 Å². The summed E-state index contributed by atoms with van der Waals surface area (Å²) in [6.45, 7) is 0.908. The zero-order valence-corrected chi connectivity index (χ0v) is 16.2. The van der Waals surface area contributed by atoms with Crippen LogP contribution in [-0.4, -0.2) is 51.2 Å². The molecule has 2 aromatic heterocycles. The third kappa shape index (κ3) is 3.01. The van der Waals surface area contributed by atoms with E-state index >= 15 is 0 Å². The first kappa shape index (κ1) is 17.5. The van der Waals surface area contributed by atoms with Gasteiger partial charge in [0.15, 0.2) is 5.65 Å². The van der Waals surface area contributed by atoms with Gasteiger partial charge in [0.1, 0.15) is 6.61 Å². The third-order valence-corrected chi connectivity index (χ3v) is 5.60. The molecule has 1 aliphatic heterocycles. The van der Waals surface area contributed by atoms with Crippen molar-refractivity contribution >= 4 is 38.7 Å². The number of likely N-dealkylation sites (N-methyl/N-ethyl adjacent to an activating group) is 1. The van der Waals surface area contributed by atoms with Crippen LogP contribution in [0.3, 0.4) is 0 Å². The molecule has 1 atom stereocenters. The number of carbonyl (C=O) groups excluding carboxylic acids is 1. The van der Waals surface area contributed by atoms with Crippen molar-refractivity contribution in [2.75, 3.05) is 20.3 Å². The molecule has 2 aromatic rings. The molecule has 0 bridgehead atoms. The van der Waals surface area contributed by atoms with Gasteiger partial charge in [0.05, 0.1) is 24.7 Å². The minimum atomic E-state index is -0.174. The molecule has 0 aromatic carbocycles. The van der Waals surface area contributed by atoms with Gasteiger partial charge in [0, 0.05) is 23.4 Å². The molecule has 0 N–H and O–H groups in total. The van der Waals surface area contributed by atoms with Crippen molar-refractivity contribution in [2.45, 2.75) is 38.3 Å². The van der Waals surface area contributed by atoms with Crippen LogP contribution in [0.1, 0.15) is 25.7 Å². The minimum absolute atomic E-state index is 0.0627. The highest BCUT2D eigenvalue weighted by atomic mass is 79.9. The monoisotopic (exact) mass is 420 g/mol. The van der Waals surface area contributed by atoms with Crippen molar-refractivity contribution in [1.82, 2.24) is 19.0 Å². The highest BCUT2D eigenvalue weighted by Gasteiger charge is 2.28. The van der Waals surface area contributed by atoms with E-state index in [1.54, 1.807) is 27.3 Å². The summed E-state index contributed by atoms with van der Waals surface area (Å²) in [6, 6.07) is 1.74. The van der Waals surface area contributed by atoms with Crippen LogP contribution >= 0.6 is 15.9 Å². The summed E-state index contributed by atoms with van der Waals surface area (Å²) in [5.74, 6) is -0.0627. The Kier molecular flexibility index (Phi) is 4.71. The number of imidazole rings is 1. The molecule has 1 fully saturated rings. The van der Waals surface area contributed by atoms with Crippen molar-refractivity contribution in [3.8, 4) is 0 Å². The number of pyridine rings is 1. The lowest BCUT2D eigenvalue weighted by atomic mass is 10.0. The normalized spacial score (nSPS) is 21.3. The van der Waals surface area contributed by atoms with E-state index in [-0.39, 0.29) is 24.2 Å². The number of aromatic nitrogens is 3. The fraction of sp³-hybridized carbons (Fsp3) is 0.500. The van der Waals surface area contributed by atoms with Gasteiger partial charge in [-0.3, -0.25) is 9.36 Å². The van der Waals surface area contributed by atoms with E-state index < -0.39 is 0 Å². The van der Waals surface area contributed by atoms with Gasteiger partial charge in [0.2, 0.25) is 5.91 Å². The molecule has 8 heteroatoms. The molecule has 0 spiro atoms. The van der Waals surface area contributed by atoms with Gasteiger partial charge in [-0.25, -0.2) is 14.3 Å². The Morgan fingerprint density at radius 1 is 1.35 bits per heavy atom. The maximum absolute atomic E-state index is 13.2. The maximum atomic E-state index is 13.2. The van der Waals surface area contributed by atoms with Gasteiger partial charge in [-0.2, -0.15) is 0 Å². The lowest BCUT2D eigenvalue weighted by molar-refractivity contribution is -0.146. The van der Waals surface area contributed by atoms with Crippen LogP contribution in [0.2, 0.25) is 0 Å². The van der Waals surface area contributed by atoms with Gasteiger partial charge < -0.3 is 9.64 Å². The standard InChI is InChI=1S/C18H21BrN4O3/c1-21-14(10-26-11-16(21)24)9-22-15-7-12(19)8-20-17(15)23(18(22)25)13-5-3-2-4-6-13/h5,7-8,14H,2-4,6,9-11H2,1H3/t14-/m0/s1. The summed E-state index contributed by atoms with van der Waals surface area (Å²) in [7, 11) is 1.76. The first-order valence-corrected chi connectivity index (χ1v) is 9.65. The number of amides is 1. The number of hydrogen-bond donors (Lipinski definition) is 0. The number of rotatable bonds is 3. The molecular weight excluding hydrogens is 400 g/mol. The Morgan fingerprint density at radius 3 is 2.96 bits per heavy atom. The van der Waals surface area contributed by atoms with E-state index in [9.17, 15) is 9.59 Å². The Morgan fingerprint density at radius 2 is 2.19 bits per heavy atom. The molecular formula is C18H21BrN4O3. The van der Waals surface area contributed by atoms with E-state index in [0.717, 1.165) is 41.4 Å². The Balaban J connectivity index is 1.82. The number of ether oxygens (including phenoxy) is 1. The molecule has 4 rings (SSSR count). The Labute approximate surface area is 159 Å². The van der Waals surface area contributed by atoms with Gasteiger partial charge in [-0.1, -0.05) is 6.08 Å². The Hall–Kier alpha value is -1.93. The summed E-state index contributed by atoms with van der Waals surface area (Å²) in [5.41, 5.74) is 2.34. The van der Waals surface area contributed by atoms with Crippen LogP contribution in [0.25, 0.3) is 16.9 Å². The summed E-state index contributed by atoms with van der Waals surface area (Å²) in [4.78, 5) is 31.4. The molecule has 1 aliphatic carbocycles. The average molecular weight is 421 g/mol. The number of hydrogen-bond acceptors (Lipinski definition) is 4. The molecule has 138 valence electrons. The van der Waals surface area contributed by atoms with Crippen LogP contribution in [0.5, 0.6) is 0 Å². The lowest BCUT2D eigenvalue weighted by Crippen LogP contribution is -2.49. The van der Waals surface area contributed by atoms with E-state index in [0.29, 0.717) is 18.8 Å².